The van der Waals surface area contributed by atoms with Crippen LogP contribution in [0.5, 0.6) is 0 Å². The third kappa shape index (κ3) is 4.80. The highest BCUT2D eigenvalue weighted by Gasteiger charge is 2.18. The summed E-state index contributed by atoms with van der Waals surface area (Å²) in [5.74, 6) is 0.200. The van der Waals surface area contributed by atoms with Crippen molar-refractivity contribution in [3.63, 3.8) is 0 Å². The van der Waals surface area contributed by atoms with Crippen molar-refractivity contribution >= 4 is 5.97 Å². The zero-order valence-electron chi connectivity index (χ0n) is 11.5. The molecule has 1 aliphatic heterocycles. The van der Waals surface area contributed by atoms with E-state index in [0.29, 0.717) is 18.6 Å². The van der Waals surface area contributed by atoms with Gasteiger partial charge in [0.1, 0.15) is 0 Å². The van der Waals surface area contributed by atoms with Gasteiger partial charge in [-0.1, -0.05) is 13.8 Å². The second kappa shape index (κ2) is 6.67. The topological polar surface area (TPSA) is 29.5 Å². The summed E-state index contributed by atoms with van der Waals surface area (Å²) in [6.07, 6.45) is 5.07. The number of carbonyl (C=O) groups is 1. The number of nitrogens with zero attached hydrogens (tertiary/aromatic N) is 1. The van der Waals surface area contributed by atoms with Crippen molar-refractivity contribution in [3.05, 3.63) is 11.8 Å². The van der Waals surface area contributed by atoms with Gasteiger partial charge in [0, 0.05) is 24.4 Å². The first kappa shape index (κ1) is 14.1. The summed E-state index contributed by atoms with van der Waals surface area (Å²) in [5, 5.41) is 0. The Labute approximate surface area is 105 Å². The largest absolute Gasteiger partial charge is 0.462 e. The summed E-state index contributed by atoms with van der Waals surface area (Å²) in [7, 11) is 0. The van der Waals surface area contributed by atoms with E-state index in [4.69, 9.17) is 4.74 Å². The first-order valence-electron chi connectivity index (χ1n) is 6.64. The van der Waals surface area contributed by atoms with Crippen LogP contribution in [0, 0.1) is 5.92 Å². The number of ether oxygens (including phenoxy) is 1. The van der Waals surface area contributed by atoms with Gasteiger partial charge in [0.25, 0.3) is 0 Å². The Morgan fingerprint density at radius 3 is 2.65 bits per heavy atom. The molecule has 0 aliphatic carbocycles. The number of hydrogen-bond acceptors (Lipinski definition) is 3. The minimum Gasteiger partial charge on any atom is -0.462 e. The lowest BCUT2D eigenvalue weighted by molar-refractivity contribution is -0.138. The van der Waals surface area contributed by atoms with E-state index < -0.39 is 0 Å². The van der Waals surface area contributed by atoms with E-state index in [9.17, 15) is 4.79 Å². The molecule has 1 saturated heterocycles. The Morgan fingerprint density at radius 1 is 1.35 bits per heavy atom. The molecule has 0 saturated carbocycles. The van der Waals surface area contributed by atoms with Gasteiger partial charge in [-0.25, -0.2) is 4.79 Å². The van der Waals surface area contributed by atoms with Gasteiger partial charge >= 0.3 is 5.97 Å². The molecule has 0 aromatic rings. The number of rotatable bonds is 4. The van der Waals surface area contributed by atoms with E-state index in [1.54, 1.807) is 6.08 Å². The lowest BCUT2D eigenvalue weighted by Crippen LogP contribution is -2.34. The van der Waals surface area contributed by atoms with Crippen LogP contribution in [-0.2, 0) is 9.53 Å². The highest BCUT2D eigenvalue weighted by Crippen LogP contribution is 2.22. The van der Waals surface area contributed by atoms with Crippen LogP contribution in [0.15, 0.2) is 11.8 Å². The predicted octanol–water partition coefficient (Wildman–Crippen LogP) is 2.96. The summed E-state index contributed by atoms with van der Waals surface area (Å²) in [6.45, 7) is 9.98. The molecule has 0 spiro atoms. The normalized spacial score (nSPS) is 19.2. The van der Waals surface area contributed by atoms with Gasteiger partial charge in [-0.15, -0.1) is 0 Å². The zero-order chi connectivity index (χ0) is 12.8. The van der Waals surface area contributed by atoms with Crippen molar-refractivity contribution in [1.82, 2.24) is 4.90 Å². The maximum absolute atomic E-state index is 11.7. The lowest BCUT2D eigenvalue weighted by Gasteiger charge is -2.35. The fourth-order valence-electron chi connectivity index (χ4n) is 2.05. The molecule has 3 nitrogen and oxygen atoms in total. The smallest absolute Gasteiger partial charge is 0.332 e. The van der Waals surface area contributed by atoms with Gasteiger partial charge in [0.15, 0.2) is 0 Å². The third-order valence-electron chi connectivity index (χ3n) is 2.92. The van der Waals surface area contributed by atoms with Gasteiger partial charge in [-0.05, 0) is 39.0 Å². The zero-order valence-corrected chi connectivity index (χ0v) is 11.5. The molecule has 98 valence electrons. The highest BCUT2D eigenvalue weighted by molar-refractivity contribution is 5.82. The van der Waals surface area contributed by atoms with Crippen molar-refractivity contribution in [2.75, 3.05) is 13.2 Å². The summed E-state index contributed by atoms with van der Waals surface area (Å²) >= 11 is 0. The van der Waals surface area contributed by atoms with Gasteiger partial charge in [0.05, 0.1) is 6.61 Å². The molecule has 1 rings (SSSR count). The Kier molecular flexibility index (Phi) is 5.52. The minimum absolute atomic E-state index is 0.193. The van der Waals surface area contributed by atoms with Crippen molar-refractivity contribution in [1.29, 1.82) is 0 Å². The third-order valence-corrected chi connectivity index (χ3v) is 2.92. The van der Waals surface area contributed by atoms with Crippen LogP contribution >= 0.6 is 0 Å². The van der Waals surface area contributed by atoms with Crippen LogP contribution in [0.2, 0.25) is 0 Å². The van der Waals surface area contributed by atoms with E-state index in [0.717, 1.165) is 18.7 Å². The first-order chi connectivity index (χ1) is 8.00. The van der Waals surface area contributed by atoms with Crippen molar-refractivity contribution in [3.8, 4) is 0 Å². The molecule has 0 aromatic heterocycles. The Bertz CT molecular complexity index is 282. The highest BCUT2D eigenvalue weighted by atomic mass is 16.5. The fraction of sp³-hybridized carbons (Fsp3) is 0.786. The van der Waals surface area contributed by atoms with E-state index in [2.05, 4.69) is 18.7 Å². The molecule has 0 atom stereocenters. The standard InChI is InChI=1S/C14H25NO2/c1-11(2)10-17-14(16)9-13-7-5-6-8-15(13)12(3)4/h9,11-12H,5-8,10H2,1-4H3/b13-9+. The predicted molar refractivity (Wildman–Crippen MR) is 69.6 cm³/mol. The minimum atomic E-state index is -0.193. The monoisotopic (exact) mass is 239 g/mol. The lowest BCUT2D eigenvalue weighted by atomic mass is 10.1. The van der Waals surface area contributed by atoms with Crippen LogP contribution in [0.4, 0.5) is 0 Å². The van der Waals surface area contributed by atoms with Crippen molar-refractivity contribution in [2.24, 2.45) is 5.92 Å². The van der Waals surface area contributed by atoms with E-state index >= 15 is 0 Å². The average Bonchev–Trinajstić information content (AvgIpc) is 2.27. The number of esters is 1. The van der Waals surface area contributed by atoms with Gasteiger partial charge in [-0.2, -0.15) is 0 Å². The summed E-state index contributed by atoms with van der Waals surface area (Å²) in [5.41, 5.74) is 1.14. The Balaban J connectivity index is 2.57. The number of carbonyl (C=O) groups excluding carboxylic acids is 1. The molecule has 0 aromatic carbocycles. The quantitative estimate of drug-likeness (QED) is 0.558. The average molecular weight is 239 g/mol. The van der Waals surface area contributed by atoms with Crippen LogP contribution in [0.1, 0.15) is 47.0 Å². The molecule has 1 heterocycles. The Hall–Kier alpha value is -0.990. The summed E-state index contributed by atoms with van der Waals surface area (Å²) < 4.78 is 5.19. The first-order valence-corrected chi connectivity index (χ1v) is 6.64. The molecule has 0 unspecified atom stereocenters. The molecule has 0 N–H and O–H groups in total. The van der Waals surface area contributed by atoms with Crippen LogP contribution in [-0.4, -0.2) is 30.1 Å². The second-order valence-electron chi connectivity index (χ2n) is 5.40. The molecular weight excluding hydrogens is 214 g/mol. The van der Waals surface area contributed by atoms with Gasteiger partial charge < -0.3 is 9.64 Å². The van der Waals surface area contributed by atoms with Crippen LogP contribution in [0.3, 0.4) is 0 Å². The molecule has 0 amide bonds. The number of allylic oxidation sites excluding steroid dienone is 1. The van der Waals surface area contributed by atoms with Gasteiger partial charge in [0.2, 0.25) is 0 Å². The summed E-state index contributed by atoms with van der Waals surface area (Å²) in [4.78, 5) is 14.0. The SMILES string of the molecule is CC(C)COC(=O)/C=C1\CCCCN1C(C)C. The molecular formula is C14H25NO2. The number of piperidine rings is 1. The number of likely N-dealkylation sites (tertiary alicyclic amines) is 1. The molecule has 1 aliphatic rings. The maximum atomic E-state index is 11.7. The van der Waals surface area contributed by atoms with Crippen LogP contribution < -0.4 is 0 Å². The van der Waals surface area contributed by atoms with Crippen LogP contribution in [0.25, 0.3) is 0 Å². The molecule has 0 bridgehead atoms. The van der Waals surface area contributed by atoms with E-state index in [1.807, 2.05) is 13.8 Å². The summed E-state index contributed by atoms with van der Waals surface area (Å²) in [6, 6.07) is 0.458. The fourth-order valence-corrected chi connectivity index (χ4v) is 2.05. The second-order valence-corrected chi connectivity index (χ2v) is 5.40. The van der Waals surface area contributed by atoms with E-state index in [-0.39, 0.29) is 5.97 Å². The molecule has 0 radical (unpaired) electrons. The maximum Gasteiger partial charge on any atom is 0.332 e. The van der Waals surface area contributed by atoms with Crippen molar-refractivity contribution < 1.29 is 9.53 Å². The van der Waals surface area contributed by atoms with E-state index in [1.165, 1.54) is 12.8 Å². The molecule has 3 heteroatoms. The van der Waals surface area contributed by atoms with Gasteiger partial charge in [-0.3, -0.25) is 0 Å². The molecule has 17 heavy (non-hydrogen) atoms. The number of hydrogen-bond donors (Lipinski definition) is 0. The van der Waals surface area contributed by atoms with Crippen molar-refractivity contribution in [2.45, 2.75) is 53.0 Å². The molecule has 1 fully saturated rings. The Morgan fingerprint density at radius 2 is 2.06 bits per heavy atom.